The van der Waals surface area contributed by atoms with Crippen molar-refractivity contribution < 1.29 is 0 Å². The molecular formula is C5H10N4S. The molecule has 0 unspecified atom stereocenters. The molecule has 0 N–H and O–H groups in total. The third-order valence-corrected chi connectivity index (χ3v) is 1.60. The van der Waals surface area contributed by atoms with Crippen LogP contribution >= 0.6 is 12.6 Å². The van der Waals surface area contributed by atoms with Crippen molar-refractivity contribution in [3.63, 3.8) is 0 Å². The summed E-state index contributed by atoms with van der Waals surface area (Å²) in [6.07, 6.45) is 3.17. The van der Waals surface area contributed by atoms with E-state index in [2.05, 4.69) is 33.3 Å². The highest BCUT2D eigenvalue weighted by atomic mass is 32.1. The van der Waals surface area contributed by atoms with E-state index in [0.717, 1.165) is 25.0 Å². The molecule has 0 saturated heterocycles. The molecule has 0 atom stereocenters. The van der Waals surface area contributed by atoms with Gasteiger partial charge >= 0.3 is 0 Å². The third-order valence-electron chi connectivity index (χ3n) is 1.28. The second-order valence-corrected chi connectivity index (χ2v) is 2.56. The summed E-state index contributed by atoms with van der Waals surface area (Å²) in [6.45, 7) is 0. The van der Waals surface area contributed by atoms with E-state index >= 15 is 0 Å². The first-order valence-corrected chi connectivity index (χ1v) is 3.97. The molecule has 0 bridgehead atoms. The summed E-state index contributed by atoms with van der Waals surface area (Å²) in [5.41, 5.74) is 0. The fraction of sp³-hybridized carbons (Fsp3) is 1.00. The van der Waals surface area contributed by atoms with E-state index in [4.69, 9.17) is 0 Å². The van der Waals surface area contributed by atoms with Crippen molar-refractivity contribution in [3.05, 3.63) is 0 Å². The Kier molecular flexibility index (Phi) is 3.35. The molecule has 0 fully saturated rings. The molecule has 0 saturated carbocycles. The van der Waals surface area contributed by atoms with Crippen LogP contribution < -0.4 is 0 Å². The van der Waals surface area contributed by atoms with Crippen LogP contribution in [-0.4, -0.2) is 11.9 Å². The number of hydrogen-bond donors (Lipinski definition) is 1. The second kappa shape index (κ2) is 4.38. The molecule has 1 aliphatic heterocycles. The van der Waals surface area contributed by atoms with E-state index in [-0.39, 0.29) is 6.17 Å². The van der Waals surface area contributed by atoms with Gasteiger partial charge in [0.05, 0.1) is 0 Å². The molecule has 0 aromatic rings. The molecule has 0 aromatic carbocycles. The molecule has 10 heavy (non-hydrogen) atoms. The molecular weight excluding hydrogens is 148 g/mol. The first-order chi connectivity index (χ1) is 4.93. The third kappa shape index (κ3) is 2.43. The highest BCUT2D eigenvalue weighted by Gasteiger charge is 2.07. The first kappa shape index (κ1) is 7.65. The van der Waals surface area contributed by atoms with Gasteiger partial charge in [-0.3, -0.25) is 0 Å². The molecule has 1 rings (SSSR count). The van der Waals surface area contributed by atoms with E-state index in [0.29, 0.717) is 0 Å². The summed E-state index contributed by atoms with van der Waals surface area (Å²) in [7, 11) is 0. The van der Waals surface area contributed by atoms with Crippen molar-refractivity contribution in [2.45, 2.75) is 25.4 Å². The maximum Gasteiger partial charge on any atom is 0.185 e. The minimum absolute atomic E-state index is 0.000108. The lowest BCUT2D eigenvalue weighted by molar-refractivity contribution is 0.595. The molecule has 1 aliphatic rings. The van der Waals surface area contributed by atoms with Crippen LogP contribution in [0.3, 0.4) is 0 Å². The minimum Gasteiger partial charge on any atom is -0.179 e. The van der Waals surface area contributed by atoms with Crippen LogP contribution in [0.25, 0.3) is 0 Å². The van der Waals surface area contributed by atoms with Crippen molar-refractivity contribution in [2.24, 2.45) is 20.7 Å². The Morgan fingerprint density at radius 2 is 1.80 bits per heavy atom. The Morgan fingerprint density at radius 1 is 1.10 bits per heavy atom. The number of thiol groups is 1. The van der Waals surface area contributed by atoms with Gasteiger partial charge in [0.25, 0.3) is 0 Å². The largest absolute Gasteiger partial charge is 0.185 e. The highest BCUT2D eigenvalue weighted by molar-refractivity contribution is 7.80. The van der Waals surface area contributed by atoms with Crippen LogP contribution in [0.1, 0.15) is 19.3 Å². The van der Waals surface area contributed by atoms with E-state index < -0.39 is 0 Å². The van der Waals surface area contributed by atoms with Gasteiger partial charge in [-0.1, -0.05) is 0 Å². The molecule has 0 amide bonds. The molecule has 0 radical (unpaired) electrons. The van der Waals surface area contributed by atoms with E-state index in [1.54, 1.807) is 0 Å². The standard InChI is InChI=1S/C5H10N4S/c10-4-2-1-3-5-6-8-9-7-5/h5,10H,1-4H2. The summed E-state index contributed by atoms with van der Waals surface area (Å²) in [5.74, 6) is 0.932. The predicted octanol–water partition coefficient (Wildman–Crippen LogP) is 2.25. The Hall–Kier alpha value is -0.450. The van der Waals surface area contributed by atoms with Crippen LogP contribution in [0.4, 0.5) is 0 Å². The molecule has 0 aromatic heterocycles. The zero-order valence-corrected chi connectivity index (χ0v) is 6.54. The average molecular weight is 158 g/mol. The summed E-state index contributed by atoms with van der Waals surface area (Å²) < 4.78 is 0. The topological polar surface area (TPSA) is 49.4 Å². The number of rotatable bonds is 4. The first-order valence-electron chi connectivity index (χ1n) is 3.34. The van der Waals surface area contributed by atoms with Gasteiger partial charge in [0, 0.05) is 0 Å². The monoisotopic (exact) mass is 158 g/mol. The van der Waals surface area contributed by atoms with E-state index in [1.807, 2.05) is 0 Å². The smallest absolute Gasteiger partial charge is 0.179 e. The van der Waals surface area contributed by atoms with E-state index in [9.17, 15) is 0 Å². The lowest BCUT2D eigenvalue weighted by Gasteiger charge is -1.97. The Bertz CT molecular complexity index is 133. The predicted molar refractivity (Wildman–Crippen MR) is 41.2 cm³/mol. The fourth-order valence-corrected chi connectivity index (χ4v) is 0.966. The van der Waals surface area contributed by atoms with Gasteiger partial charge in [-0.25, -0.2) is 0 Å². The average Bonchev–Trinajstić information content (AvgIpc) is 2.41. The van der Waals surface area contributed by atoms with Crippen LogP contribution in [-0.2, 0) is 0 Å². The van der Waals surface area contributed by atoms with Crippen LogP contribution in [0, 0.1) is 0 Å². The molecule has 0 spiro atoms. The summed E-state index contributed by atoms with van der Waals surface area (Å²) in [5, 5.41) is 14.4. The van der Waals surface area contributed by atoms with Crippen molar-refractivity contribution in [1.29, 1.82) is 0 Å². The highest BCUT2D eigenvalue weighted by Crippen LogP contribution is 2.11. The Balaban J connectivity index is 2.03. The van der Waals surface area contributed by atoms with Gasteiger partial charge < -0.3 is 0 Å². The molecule has 1 heterocycles. The number of unbranched alkanes of at least 4 members (excludes halogenated alkanes) is 1. The SMILES string of the molecule is SCCCCC1N=NN=N1. The quantitative estimate of drug-likeness (QED) is 0.482. The Morgan fingerprint density at radius 3 is 2.40 bits per heavy atom. The lowest BCUT2D eigenvalue weighted by Crippen LogP contribution is -1.95. The fourth-order valence-electron chi connectivity index (χ4n) is 0.743. The normalized spacial score (nSPS) is 16.9. The van der Waals surface area contributed by atoms with Gasteiger partial charge in [0.2, 0.25) is 0 Å². The van der Waals surface area contributed by atoms with Gasteiger partial charge in [0.15, 0.2) is 6.17 Å². The summed E-state index contributed by atoms with van der Waals surface area (Å²) in [4.78, 5) is 0. The van der Waals surface area contributed by atoms with Gasteiger partial charge in [-0.15, -0.1) is 10.2 Å². The van der Waals surface area contributed by atoms with Crippen molar-refractivity contribution in [2.75, 3.05) is 5.75 Å². The molecule has 4 nitrogen and oxygen atoms in total. The van der Waals surface area contributed by atoms with Crippen LogP contribution in [0.5, 0.6) is 0 Å². The van der Waals surface area contributed by atoms with E-state index in [1.165, 1.54) is 0 Å². The van der Waals surface area contributed by atoms with Crippen molar-refractivity contribution in [3.8, 4) is 0 Å². The zero-order chi connectivity index (χ0) is 7.23. The van der Waals surface area contributed by atoms with Gasteiger partial charge in [0.1, 0.15) is 0 Å². The van der Waals surface area contributed by atoms with Gasteiger partial charge in [-0.2, -0.15) is 12.6 Å². The second-order valence-electron chi connectivity index (χ2n) is 2.11. The molecule has 5 heteroatoms. The van der Waals surface area contributed by atoms with Crippen LogP contribution in [0.2, 0.25) is 0 Å². The summed E-state index contributed by atoms with van der Waals surface area (Å²) in [6, 6.07) is 0. The molecule has 56 valence electrons. The summed E-state index contributed by atoms with van der Waals surface area (Å²) >= 11 is 4.09. The van der Waals surface area contributed by atoms with Crippen molar-refractivity contribution >= 4 is 12.6 Å². The number of nitrogens with zero attached hydrogens (tertiary/aromatic N) is 4. The maximum atomic E-state index is 4.09. The van der Waals surface area contributed by atoms with Gasteiger partial charge in [-0.05, 0) is 35.5 Å². The zero-order valence-electron chi connectivity index (χ0n) is 5.64. The lowest BCUT2D eigenvalue weighted by atomic mass is 10.2. The maximum absolute atomic E-state index is 4.09. The van der Waals surface area contributed by atoms with Crippen LogP contribution in [0.15, 0.2) is 20.7 Å². The minimum atomic E-state index is -0.000108. The molecule has 0 aliphatic carbocycles. The number of hydrogen-bond acceptors (Lipinski definition) is 5. The van der Waals surface area contributed by atoms with Crippen molar-refractivity contribution in [1.82, 2.24) is 0 Å². The Labute approximate surface area is 65.2 Å².